The summed E-state index contributed by atoms with van der Waals surface area (Å²) in [4.78, 5) is 27.0. The first-order valence-electron chi connectivity index (χ1n) is 10.1. The van der Waals surface area contributed by atoms with Gasteiger partial charge in [-0.15, -0.1) is 23.1 Å². The van der Waals surface area contributed by atoms with Crippen LogP contribution in [0.5, 0.6) is 0 Å². The second kappa shape index (κ2) is 11.1. The number of nitrogens with zero attached hydrogens (tertiary/aromatic N) is 2. The van der Waals surface area contributed by atoms with E-state index in [1.165, 1.54) is 0 Å². The lowest BCUT2D eigenvalue weighted by molar-refractivity contribution is -0.115. The van der Waals surface area contributed by atoms with Gasteiger partial charge < -0.3 is 5.32 Å². The first-order valence-corrected chi connectivity index (χ1v) is 12.2. The molecule has 0 fully saturated rings. The maximum Gasteiger partial charge on any atom is 0.273 e. The third-order valence-electron chi connectivity index (χ3n) is 4.76. The normalized spacial score (nSPS) is 12.4. The van der Waals surface area contributed by atoms with Crippen molar-refractivity contribution < 1.29 is 13.6 Å². The zero-order valence-corrected chi connectivity index (χ0v) is 19.7. The molecule has 3 rings (SSSR count). The SMILES string of the molecule is CCCCNC(=O)/C(C#N)=c1\s/c(=C\c2ccc(SC)cc2)c(=O)n1-c1ccc(F)cc1F. The molecule has 3 aromatic rings. The third kappa shape index (κ3) is 5.59. The van der Waals surface area contributed by atoms with E-state index >= 15 is 0 Å². The number of nitriles is 1. The van der Waals surface area contributed by atoms with E-state index in [-0.39, 0.29) is 20.5 Å². The van der Waals surface area contributed by atoms with Gasteiger partial charge >= 0.3 is 0 Å². The van der Waals surface area contributed by atoms with Crippen LogP contribution in [0.25, 0.3) is 17.3 Å². The van der Waals surface area contributed by atoms with E-state index in [9.17, 15) is 23.6 Å². The van der Waals surface area contributed by atoms with E-state index in [0.717, 1.165) is 51.3 Å². The van der Waals surface area contributed by atoms with Gasteiger partial charge in [0, 0.05) is 17.5 Å². The van der Waals surface area contributed by atoms with Gasteiger partial charge in [-0.25, -0.2) is 8.78 Å². The van der Waals surface area contributed by atoms with Crippen LogP contribution in [0, 0.1) is 23.0 Å². The van der Waals surface area contributed by atoms with Crippen LogP contribution in [0.2, 0.25) is 0 Å². The molecule has 0 aliphatic rings. The molecule has 1 aromatic heterocycles. The van der Waals surface area contributed by atoms with Crippen LogP contribution in [0.15, 0.2) is 52.2 Å². The lowest BCUT2D eigenvalue weighted by Gasteiger charge is -2.06. The number of unbranched alkanes of at least 4 members (excludes halogenated alkanes) is 1. The summed E-state index contributed by atoms with van der Waals surface area (Å²) >= 11 is 2.49. The fourth-order valence-electron chi connectivity index (χ4n) is 3.05. The van der Waals surface area contributed by atoms with Crippen molar-refractivity contribution in [3.63, 3.8) is 0 Å². The molecule has 0 atom stereocenters. The Hall–Kier alpha value is -3.22. The summed E-state index contributed by atoms with van der Waals surface area (Å²) in [6.45, 7) is 2.32. The summed E-state index contributed by atoms with van der Waals surface area (Å²) in [6, 6.07) is 12.1. The van der Waals surface area contributed by atoms with Crippen molar-refractivity contribution in [2.45, 2.75) is 24.7 Å². The molecule has 1 N–H and O–H groups in total. The standard InChI is InChI=1S/C24H21F2N3O2S2/c1-3-4-11-28-22(30)18(14-27)24-29(20-10-7-16(25)13-19(20)26)23(31)21(33-24)12-15-5-8-17(32-2)9-6-15/h5-10,12-13H,3-4,11H2,1-2H3,(H,28,30)/b21-12-,24-18-. The molecule has 0 saturated heterocycles. The summed E-state index contributed by atoms with van der Waals surface area (Å²) in [5.41, 5.74) is -0.424. The number of benzene rings is 2. The van der Waals surface area contributed by atoms with Gasteiger partial charge in [-0.3, -0.25) is 14.2 Å². The Morgan fingerprint density at radius 1 is 1.24 bits per heavy atom. The highest BCUT2D eigenvalue weighted by Gasteiger charge is 2.18. The smallest absolute Gasteiger partial charge is 0.273 e. The molecular formula is C24H21F2N3O2S2. The molecule has 1 heterocycles. The molecular weight excluding hydrogens is 464 g/mol. The number of aromatic nitrogens is 1. The number of rotatable bonds is 7. The highest BCUT2D eigenvalue weighted by atomic mass is 32.2. The molecule has 9 heteroatoms. The van der Waals surface area contributed by atoms with Crippen LogP contribution in [0.3, 0.4) is 0 Å². The fraction of sp³-hybridized carbons (Fsp3) is 0.208. The largest absolute Gasteiger partial charge is 0.351 e. The molecule has 0 bridgehead atoms. The summed E-state index contributed by atoms with van der Waals surface area (Å²) in [7, 11) is 0. The summed E-state index contributed by atoms with van der Waals surface area (Å²) in [5.74, 6) is -2.43. The highest BCUT2D eigenvalue weighted by Crippen LogP contribution is 2.15. The Morgan fingerprint density at radius 2 is 1.97 bits per heavy atom. The number of nitrogens with one attached hydrogen (secondary N) is 1. The van der Waals surface area contributed by atoms with Gasteiger partial charge in [0.1, 0.15) is 22.4 Å². The van der Waals surface area contributed by atoms with Crippen LogP contribution < -0.4 is 20.1 Å². The first kappa shape index (κ1) is 24.4. The summed E-state index contributed by atoms with van der Waals surface area (Å²) in [5, 5.41) is 12.4. The number of thiazole rings is 1. The minimum atomic E-state index is -0.976. The average Bonchev–Trinajstić information content (AvgIpc) is 3.10. The second-order valence-corrected chi connectivity index (χ2v) is 8.93. The van der Waals surface area contributed by atoms with Crippen molar-refractivity contribution in [3.05, 3.63) is 79.2 Å². The number of thioether (sulfide) groups is 1. The topological polar surface area (TPSA) is 74.9 Å². The molecule has 170 valence electrons. The van der Waals surface area contributed by atoms with Gasteiger partial charge in [0.25, 0.3) is 11.5 Å². The number of hydrogen-bond acceptors (Lipinski definition) is 5. The maximum atomic E-state index is 14.6. The monoisotopic (exact) mass is 485 g/mol. The van der Waals surface area contributed by atoms with Gasteiger partial charge in [0.05, 0.1) is 10.2 Å². The summed E-state index contributed by atoms with van der Waals surface area (Å²) in [6.07, 6.45) is 5.13. The number of hydrogen-bond donors (Lipinski definition) is 1. The minimum Gasteiger partial charge on any atom is -0.351 e. The van der Waals surface area contributed by atoms with Gasteiger partial charge in [-0.05, 0) is 48.6 Å². The Labute approximate surface area is 197 Å². The zero-order chi connectivity index (χ0) is 24.0. The molecule has 5 nitrogen and oxygen atoms in total. The third-order valence-corrected chi connectivity index (χ3v) is 6.59. The quantitative estimate of drug-likeness (QED) is 0.412. The van der Waals surface area contributed by atoms with E-state index < -0.39 is 23.1 Å². The Kier molecular flexibility index (Phi) is 8.20. The Bertz CT molecular complexity index is 1390. The van der Waals surface area contributed by atoms with E-state index in [4.69, 9.17) is 0 Å². The van der Waals surface area contributed by atoms with Crippen LogP contribution in [0.1, 0.15) is 25.3 Å². The zero-order valence-electron chi connectivity index (χ0n) is 18.0. The number of carbonyl (C=O) groups excluding carboxylic acids is 1. The van der Waals surface area contributed by atoms with Crippen molar-refractivity contribution in [2.24, 2.45) is 0 Å². The van der Waals surface area contributed by atoms with Gasteiger partial charge in [-0.2, -0.15) is 5.26 Å². The van der Waals surface area contributed by atoms with Crippen molar-refractivity contribution in [1.29, 1.82) is 5.26 Å². The van der Waals surface area contributed by atoms with Crippen molar-refractivity contribution in [1.82, 2.24) is 9.88 Å². The van der Waals surface area contributed by atoms with Gasteiger partial charge in [-0.1, -0.05) is 25.5 Å². The van der Waals surface area contributed by atoms with Crippen LogP contribution >= 0.6 is 23.1 Å². The molecule has 0 saturated carbocycles. The van der Waals surface area contributed by atoms with E-state index in [1.807, 2.05) is 43.5 Å². The van der Waals surface area contributed by atoms with Crippen LogP contribution in [0.4, 0.5) is 8.78 Å². The Morgan fingerprint density at radius 3 is 2.58 bits per heavy atom. The number of halogens is 2. The Balaban J connectivity index is 2.30. The molecule has 33 heavy (non-hydrogen) atoms. The number of carbonyl (C=O) groups is 1. The fourth-order valence-corrected chi connectivity index (χ4v) is 4.55. The highest BCUT2D eigenvalue weighted by molar-refractivity contribution is 7.98. The molecule has 1 amide bonds. The minimum absolute atomic E-state index is 0.0195. The average molecular weight is 486 g/mol. The van der Waals surface area contributed by atoms with Gasteiger partial charge in [0.2, 0.25) is 0 Å². The molecule has 2 aromatic carbocycles. The van der Waals surface area contributed by atoms with Crippen molar-refractivity contribution in [3.8, 4) is 11.8 Å². The van der Waals surface area contributed by atoms with Crippen LogP contribution in [-0.4, -0.2) is 23.3 Å². The summed E-state index contributed by atoms with van der Waals surface area (Å²) < 4.78 is 29.3. The number of amides is 1. The molecule has 0 spiro atoms. The predicted molar refractivity (Wildman–Crippen MR) is 128 cm³/mol. The van der Waals surface area contributed by atoms with Crippen molar-refractivity contribution in [2.75, 3.05) is 12.8 Å². The molecule has 0 aliphatic carbocycles. The molecule has 0 unspecified atom stereocenters. The van der Waals surface area contributed by atoms with E-state index in [1.54, 1.807) is 17.8 Å². The maximum absolute atomic E-state index is 14.6. The van der Waals surface area contributed by atoms with Crippen LogP contribution in [-0.2, 0) is 4.79 Å². The lowest BCUT2D eigenvalue weighted by Crippen LogP contribution is -2.34. The lowest BCUT2D eigenvalue weighted by atomic mass is 10.2. The molecule has 0 aliphatic heterocycles. The van der Waals surface area contributed by atoms with E-state index in [2.05, 4.69) is 5.32 Å². The first-order chi connectivity index (χ1) is 15.9. The van der Waals surface area contributed by atoms with E-state index in [0.29, 0.717) is 12.6 Å². The van der Waals surface area contributed by atoms with Gasteiger partial charge in [0.15, 0.2) is 5.57 Å². The second-order valence-electron chi connectivity index (χ2n) is 7.02. The molecule has 0 radical (unpaired) electrons. The predicted octanol–water partition coefficient (Wildman–Crippen LogP) is 3.32. The van der Waals surface area contributed by atoms with Crippen molar-refractivity contribution >= 4 is 40.7 Å².